The fourth-order valence-corrected chi connectivity index (χ4v) is 1.05. The second-order valence-electron chi connectivity index (χ2n) is 1.98. The second-order valence-corrected chi connectivity index (χ2v) is 3.00. The van der Waals surface area contributed by atoms with Crippen LogP contribution in [0.4, 0.5) is 0 Å². The lowest BCUT2D eigenvalue weighted by atomic mass is 10.2. The number of aromatic carboxylic acids is 1. The van der Waals surface area contributed by atoms with Crippen LogP contribution < -0.4 is 0 Å². The number of hydrogen-bond donors (Lipinski definition) is 1. The molecule has 0 amide bonds. The van der Waals surface area contributed by atoms with Crippen molar-refractivity contribution in [1.29, 1.82) is 0 Å². The van der Waals surface area contributed by atoms with Crippen LogP contribution in [0.15, 0.2) is 6.20 Å². The Morgan fingerprint density at radius 3 is 2.82 bits per heavy atom. The summed E-state index contributed by atoms with van der Waals surface area (Å²) < 4.78 is 0.627. The molecule has 1 rings (SSSR count). The van der Waals surface area contributed by atoms with E-state index in [2.05, 4.69) is 10.2 Å². The molecule has 0 unspecified atom stereocenters. The van der Waals surface area contributed by atoms with Gasteiger partial charge >= 0.3 is 5.97 Å². The smallest absolute Gasteiger partial charge is 0.337 e. The number of halogens is 1. The quantitative estimate of drug-likeness (QED) is 0.771. The summed E-state index contributed by atoms with van der Waals surface area (Å²) in [4.78, 5) is 10.5. The van der Waals surface area contributed by atoms with E-state index in [1.165, 1.54) is 6.20 Å². The summed E-state index contributed by atoms with van der Waals surface area (Å²) in [5.74, 6) is -0.963. The van der Waals surface area contributed by atoms with Crippen molar-refractivity contribution >= 4 is 28.6 Å². The third kappa shape index (κ3) is 1.65. The van der Waals surface area contributed by atoms with Gasteiger partial charge in [-0.2, -0.15) is 5.10 Å². The molecule has 0 aliphatic heterocycles. The van der Waals surface area contributed by atoms with Crippen molar-refractivity contribution in [2.24, 2.45) is 0 Å². The Labute approximate surface area is 76.8 Å². The van der Waals surface area contributed by atoms with Crippen molar-refractivity contribution in [2.45, 2.75) is 6.92 Å². The van der Waals surface area contributed by atoms with E-state index < -0.39 is 5.97 Å². The van der Waals surface area contributed by atoms with Crippen molar-refractivity contribution in [1.82, 2.24) is 10.2 Å². The predicted molar refractivity (Wildman–Crippen MR) is 46.4 cm³/mol. The highest BCUT2D eigenvalue weighted by Crippen LogP contribution is 2.10. The molecule has 1 heterocycles. The van der Waals surface area contributed by atoms with Crippen LogP contribution >= 0.6 is 22.6 Å². The van der Waals surface area contributed by atoms with Crippen LogP contribution in [-0.2, 0) is 0 Å². The summed E-state index contributed by atoms with van der Waals surface area (Å²) in [5.41, 5.74) is 0.873. The molecule has 0 saturated carbocycles. The van der Waals surface area contributed by atoms with Gasteiger partial charge in [0.15, 0.2) is 0 Å². The molecule has 0 atom stereocenters. The summed E-state index contributed by atoms with van der Waals surface area (Å²) in [6.07, 6.45) is 1.25. The van der Waals surface area contributed by atoms with Gasteiger partial charge in [-0.3, -0.25) is 0 Å². The first-order chi connectivity index (χ1) is 5.13. The van der Waals surface area contributed by atoms with Crippen LogP contribution in [0.1, 0.15) is 15.9 Å². The van der Waals surface area contributed by atoms with Gasteiger partial charge in [0, 0.05) is 0 Å². The van der Waals surface area contributed by atoms with Gasteiger partial charge in [0.05, 0.1) is 11.8 Å². The zero-order valence-corrected chi connectivity index (χ0v) is 7.86. The standard InChI is InChI=1S/C6H5IN2O2/c1-3-4(6(10)11)2-8-9-5(3)7/h2H,1H3,(H,10,11). The first kappa shape index (κ1) is 8.38. The lowest BCUT2D eigenvalue weighted by Gasteiger charge is -1.98. The van der Waals surface area contributed by atoms with Crippen molar-refractivity contribution in [3.63, 3.8) is 0 Å². The van der Waals surface area contributed by atoms with E-state index in [1.807, 2.05) is 22.6 Å². The Morgan fingerprint density at radius 2 is 2.36 bits per heavy atom. The number of carboxylic acid groups (broad SMARTS) is 1. The summed E-state index contributed by atoms with van der Waals surface area (Å²) in [6, 6.07) is 0. The molecule has 1 aromatic heterocycles. The van der Waals surface area contributed by atoms with Crippen LogP contribution in [0.5, 0.6) is 0 Å². The number of carboxylic acids is 1. The molecule has 4 nitrogen and oxygen atoms in total. The zero-order valence-electron chi connectivity index (χ0n) is 5.71. The largest absolute Gasteiger partial charge is 0.478 e. The van der Waals surface area contributed by atoms with Crippen LogP contribution in [0.2, 0.25) is 0 Å². The topological polar surface area (TPSA) is 63.1 Å². The van der Waals surface area contributed by atoms with Crippen LogP contribution in [0.3, 0.4) is 0 Å². The van der Waals surface area contributed by atoms with E-state index in [0.717, 1.165) is 0 Å². The summed E-state index contributed by atoms with van der Waals surface area (Å²) in [6.45, 7) is 1.71. The fraction of sp³-hybridized carbons (Fsp3) is 0.167. The highest BCUT2D eigenvalue weighted by atomic mass is 127. The Kier molecular flexibility index (Phi) is 2.38. The first-order valence-electron chi connectivity index (χ1n) is 2.84. The molecule has 1 aromatic rings. The molecule has 1 N–H and O–H groups in total. The van der Waals surface area contributed by atoms with Gasteiger partial charge in [0.2, 0.25) is 0 Å². The summed E-state index contributed by atoms with van der Waals surface area (Å²) in [5, 5.41) is 15.8. The first-order valence-corrected chi connectivity index (χ1v) is 3.92. The Morgan fingerprint density at radius 1 is 1.73 bits per heavy atom. The Hall–Kier alpha value is -0.720. The van der Waals surface area contributed by atoms with E-state index >= 15 is 0 Å². The van der Waals surface area contributed by atoms with Gasteiger partial charge < -0.3 is 5.11 Å². The Balaban J connectivity index is 3.27. The molecule has 0 spiro atoms. The van der Waals surface area contributed by atoms with Crippen molar-refractivity contribution < 1.29 is 9.90 Å². The van der Waals surface area contributed by atoms with E-state index in [4.69, 9.17) is 5.11 Å². The maximum atomic E-state index is 10.5. The van der Waals surface area contributed by atoms with Crippen molar-refractivity contribution in [3.8, 4) is 0 Å². The van der Waals surface area contributed by atoms with Gasteiger partial charge in [-0.05, 0) is 35.1 Å². The third-order valence-electron chi connectivity index (χ3n) is 1.28. The zero-order chi connectivity index (χ0) is 8.43. The van der Waals surface area contributed by atoms with Gasteiger partial charge in [-0.1, -0.05) is 0 Å². The van der Waals surface area contributed by atoms with E-state index in [-0.39, 0.29) is 5.56 Å². The lowest BCUT2D eigenvalue weighted by Crippen LogP contribution is -2.04. The summed E-state index contributed by atoms with van der Waals surface area (Å²) in [7, 11) is 0. The molecular weight excluding hydrogens is 259 g/mol. The molecule has 58 valence electrons. The molecule has 11 heavy (non-hydrogen) atoms. The number of nitrogens with zero attached hydrogens (tertiary/aromatic N) is 2. The molecule has 0 aromatic carbocycles. The van der Waals surface area contributed by atoms with Crippen LogP contribution in [0, 0.1) is 10.6 Å². The van der Waals surface area contributed by atoms with Crippen LogP contribution in [0.25, 0.3) is 0 Å². The van der Waals surface area contributed by atoms with Gasteiger partial charge in [0.25, 0.3) is 0 Å². The number of carbonyl (C=O) groups is 1. The Bertz CT molecular complexity index is 301. The van der Waals surface area contributed by atoms with E-state index in [1.54, 1.807) is 6.92 Å². The van der Waals surface area contributed by atoms with Gasteiger partial charge in [0.1, 0.15) is 3.70 Å². The molecule has 0 fully saturated rings. The molecule has 5 heteroatoms. The highest BCUT2D eigenvalue weighted by Gasteiger charge is 2.09. The highest BCUT2D eigenvalue weighted by molar-refractivity contribution is 14.1. The normalized spacial score (nSPS) is 9.64. The monoisotopic (exact) mass is 264 g/mol. The number of hydrogen-bond acceptors (Lipinski definition) is 3. The molecule has 0 aliphatic carbocycles. The summed E-state index contributed by atoms with van der Waals surface area (Å²) >= 11 is 1.95. The lowest BCUT2D eigenvalue weighted by molar-refractivity contribution is 0.0695. The third-order valence-corrected chi connectivity index (χ3v) is 2.30. The molecule has 0 aliphatic rings. The number of rotatable bonds is 1. The van der Waals surface area contributed by atoms with Crippen LogP contribution in [-0.4, -0.2) is 21.3 Å². The number of aromatic nitrogens is 2. The molecule has 0 saturated heterocycles. The SMILES string of the molecule is Cc1c(C(=O)O)cnnc1I. The van der Waals surface area contributed by atoms with Crippen molar-refractivity contribution in [2.75, 3.05) is 0 Å². The maximum absolute atomic E-state index is 10.5. The average molecular weight is 264 g/mol. The van der Waals surface area contributed by atoms with E-state index in [0.29, 0.717) is 9.26 Å². The maximum Gasteiger partial charge on any atom is 0.337 e. The second kappa shape index (κ2) is 3.12. The van der Waals surface area contributed by atoms with Gasteiger partial charge in [-0.25, -0.2) is 4.79 Å². The molecule has 0 radical (unpaired) electrons. The average Bonchev–Trinajstić information content (AvgIpc) is 1.94. The van der Waals surface area contributed by atoms with E-state index in [9.17, 15) is 4.79 Å². The minimum atomic E-state index is -0.963. The predicted octanol–water partition coefficient (Wildman–Crippen LogP) is 1.09. The molecule has 0 bridgehead atoms. The minimum Gasteiger partial charge on any atom is -0.478 e. The minimum absolute atomic E-state index is 0.212. The molecular formula is C6H5IN2O2. The fourth-order valence-electron chi connectivity index (χ4n) is 0.636. The van der Waals surface area contributed by atoms with Gasteiger partial charge in [-0.15, -0.1) is 5.10 Å². The van der Waals surface area contributed by atoms with Crippen molar-refractivity contribution in [3.05, 3.63) is 21.0 Å².